The Kier molecular flexibility index (Phi) is 6.11. The zero-order valence-electron chi connectivity index (χ0n) is 13.7. The molecule has 26 heavy (non-hydrogen) atoms. The molecule has 2 aromatic rings. The summed E-state index contributed by atoms with van der Waals surface area (Å²) in [7, 11) is 0. The number of alkyl halides is 3. The highest BCUT2D eigenvalue weighted by molar-refractivity contribution is 6.35. The third-order valence-corrected chi connectivity index (χ3v) is 3.49. The van der Waals surface area contributed by atoms with Crippen LogP contribution in [-0.4, -0.2) is 18.0 Å². The van der Waals surface area contributed by atoms with Gasteiger partial charge in [-0.05, 0) is 18.6 Å². The molecule has 0 aliphatic carbocycles. The zero-order chi connectivity index (χ0) is 19.2. The summed E-state index contributed by atoms with van der Waals surface area (Å²) in [6.07, 6.45) is -3.70. The fraction of sp³-hybridized carbons (Fsp3) is 0.167. The van der Waals surface area contributed by atoms with Crippen molar-refractivity contribution in [1.82, 2.24) is 10.7 Å². The van der Waals surface area contributed by atoms with Gasteiger partial charge < -0.3 is 5.32 Å². The maximum absolute atomic E-state index is 12.9. The minimum atomic E-state index is -4.55. The van der Waals surface area contributed by atoms with Gasteiger partial charge in [0.15, 0.2) is 0 Å². The summed E-state index contributed by atoms with van der Waals surface area (Å²) >= 11 is 0. The molecule has 0 unspecified atom stereocenters. The number of carbonyl (C=O) groups is 2. The SMILES string of the molecule is C[C@@H](NC(=O)C(=O)N/N=C\c1ccccc1C(F)(F)F)c1ccccc1. The Morgan fingerprint density at radius 3 is 2.27 bits per heavy atom. The number of rotatable bonds is 4. The van der Waals surface area contributed by atoms with Crippen molar-refractivity contribution >= 4 is 18.0 Å². The highest BCUT2D eigenvalue weighted by atomic mass is 19.4. The Morgan fingerprint density at radius 2 is 1.62 bits per heavy atom. The second kappa shape index (κ2) is 8.28. The lowest BCUT2D eigenvalue weighted by atomic mass is 10.1. The summed E-state index contributed by atoms with van der Waals surface area (Å²) in [5, 5.41) is 5.91. The number of nitrogens with zero attached hydrogens (tertiary/aromatic N) is 1. The van der Waals surface area contributed by atoms with Gasteiger partial charge in [0.05, 0.1) is 17.8 Å². The van der Waals surface area contributed by atoms with E-state index in [0.717, 1.165) is 17.8 Å². The molecule has 0 saturated heterocycles. The van der Waals surface area contributed by atoms with E-state index in [-0.39, 0.29) is 5.56 Å². The average molecular weight is 363 g/mol. The van der Waals surface area contributed by atoms with E-state index in [4.69, 9.17) is 0 Å². The number of nitrogens with one attached hydrogen (secondary N) is 2. The van der Waals surface area contributed by atoms with Crippen molar-refractivity contribution in [1.29, 1.82) is 0 Å². The molecular formula is C18H16F3N3O2. The largest absolute Gasteiger partial charge is 0.417 e. The van der Waals surface area contributed by atoms with Crippen LogP contribution in [0.3, 0.4) is 0 Å². The lowest BCUT2D eigenvalue weighted by Gasteiger charge is -2.13. The number of halogens is 3. The van der Waals surface area contributed by atoms with Crippen LogP contribution in [0, 0.1) is 0 Å². The van der Waals surface area contributed by atoms with Crippen LogP contribution in [-0.2, 0) is 15.8 Å². The van der Waals surface area contributed by atoms with Gasteiger partial charge in [-0.2, -0.15) is 18.3 Å². The van der Waals surface area contributed by atoms with E-state index >= 15 is 0 Å². The molecule has 5 nitrogen and oxygen atoms in total. The molecule has 0 saturated carbocycles. The van der Waals surface area contributed by atoms with Crippen LogP contribution in [0.15, 0.2) is 59.7 Å². The molecule has 8 heteroatoms. The van der Waals surface area contributed by atoms with Gasteiger partial charge >= 0.3 is 18.0 Å². The zero-order valence-corrected chi connectivity index (χ0v) is 13.7. The van der Waals surface area contributed by atoms with Crippen LogP contribution in [0.4, 0.5) is 13.2 Å². The second-order valence-corrected chi connectivity index (χ2v) is 5.39. The fourth-order valence-electron chi connectivity index (χ4n) is 2.17. The molecule has 0 radical (unpaired) electrons. The van der Waals surface area contributed by atoms with Gasteiger partial charge in [0.2, 0.25) is 0 Å². The van der Waals surface area contributed by atoms with Crippen molar-refractivity contribution in [3.05, 3.63) is 71.3 Å². The van der Waals surface area contributed by atoms with Crippen molar-refractivity contribution in [2.75, 3.05) is 0 Å². The number of amides is 2. The van der Waals surface area contributed by atoms with Crippen LogP contribution in [0.2, 0.25) is 0 Å². The normalized spacial score (nSPS) is 12.6. The standard InChI is InChI=1S/C18H16F3N3O2/c1-12(13-7-3-2-4-8-13)23-16(25)17(26)24-22-11-14-9-5-6-10-15(14)18(19,20)21/h2-12H,1H3,(H,23,25)(H,24,26)/b22-11-/t12-/m1/s1. The lowest BCUT2D eigenvalue weighted by molar-refractivity contribution is -0.139. The summed E-state index contributed by atoms with van der Waals surface area (Å²) in [6.45, 7) is 1.70. The van der Waals surface area contributed by atoms with Crippen molar-refractivity contribution in [3.63, 3.8) is 0 Å². The van der Waals surface area contributed by atoms with E-state index in [1.54, 1.807) is 31.2 Å². The highest BCUT2D eigenvalue weighted by Crippen LogP contribution is 2.30. The van der Waals surface area contributed by atoms with Gasteiger partial charge in [-0.25, -0.2) is 5.43 Å². The number of hydrazone groups is 1. The number of hydrogen-bond acceptors (Lipinski definition) is 3. The van der Waals surface area contributed by atoms with Gasteiger partial charge in [-0.15, -0.1) is 0 Å². The van der Waals surface area contributed by atoms with Crippen LogP contribution >= 0.6 is 0 Å². The van der Waals surface area contributed by atoms with Crippen molar-refractivity contribution in [2.24, 2.45) is 5.10 Å². The van der Waals surface area contributed by atoms with E-state index in [1.807, 2.05) is 11.5 Å². The van der Waals surface area contributed by atoms with E-state index in [1.165, 1.54) is 18.2 Å². The van der Waals surface area contributed by atoms with Crippen molar-refractivity contribution in [3.8, 4) is 0 Å². The topological polar surface area (TPSA) is 70.6 Å². The molecule has 2 N–H and O–H groups in total. The second-order valence-electron chi connectivity index (χ2n) is 5.39. The van der Waals surface area contributed by atoms with Crippen molar-refractivity contribution < 1.29 is 22.8 Å². The van der Waals surface area contributed by atoms with Gasteiger partial charge in [-0.3, -0.25) is 9.59 Å². The summed E-state index contributed by atoms with van der Waals surface area (Å²) in [5.74, 6) is -2.02. The molecule has 136 valence electrons. The molecule has 0 spiro atoms. The predicted molar refractivity (Wildman–Crippen MR) is 90.2 cm³/mol. The first-order valence-electron chi connectivity index (χ1n) is 7.64. The Bertz CT molecular complexity index is 805. The Hall–Kier alpha value is -3.16. The third-order valence-electron chi connectivity index (χ3n) is 3.49. The lowest BCUT2D eigenvalue weighted by Crippen LogP contribution is -2.39. The molecule has 2 aromatic carbocycles. The molecule has 1 atom stereocenters. The summed E-state index contributed by atoms with van der Waals surface area (Å²) in [6, 6.07) is 13.3. The predicted octanol–water partition coefficient (Wildman–Crippen LogP) is 3.03. The van der Waals surface area contributed by atoms with Crippen LogP contribution < -0.4 is 10.7 Å². The molecule has 2 rings (SSSR count). The molecule has 0 aliphatic rings. The van der Waals surface area contributed by atoms with Crippen LogP contribution in [0.5, 0.6) is 0 Å². The first-order chi connectivity index (χ1) is 12.3. The molecule has 0 fully saturated rings. The smallest absolute Gasteiger partial charge is 0.341 e. The molecule has 0 bridgehead atoms. The fourth-order valence-corrected chi connectivity index (χ4v) is 2.17. The quantitative estimate of drug-likeness (QED) is 0.498. The first-order valence-corrected chi connectivity index (χ1v) is 7.64. The van der Waals surface area contributed by atoms with Gasteiger partial charge in [0, 0.05) is 5.56 Å². The molecule has 2 amide bonds. The number of hydrogen-bond donors (Lipinski definition) is 2. The summed E-state index contributed by atoms with van der Waals surface area (Å²) in [5.41, 5.74) is 1.61. The van der Waals surface area contributed by atoms with Gasteiger partial charge in [-0.1, -0.05) is 48.5 Å². The van der Waals surface area contributed by atoms with Crippen molar-refractivity contribution in [2.45, 2.75) is 19.1 Å². The maximum atomic E-state index is 12.9. The van der Waals surface area contributed by atoms with E-state index in [9.17, 15) is 22.8 Å². The molecule has 0 heterocycles. The third kappa shape index (κ3) is 5.17. The van der Waals surface area contributed by atoms with Gasteiger partial charge in [0.25, 0.3) is 0 Å². The molecule has 0 aromatic heterocycles. The summed E-state index contributed by atoms with van der Waals surface area (Å²) in [4.78, 5) is 23.5. The Morgan fingerprint density at radius 1 is 1.00 bits per heavy atom. The molecule has 0 aliphatic heterocycles. The van der Waals surface area contributed by atoms with E-state index in [2.05, 4.69) is 10.4 Å². The summed E-state index contributed by atoms with van der Waals surface area (Å²) < 4.78 is 38.6. The number of benzene rings is 2. The van der Waals surface area contributed by atoms with E-state index in [0.29, 0.717) is 0 Å². The molecular weight excluding hydrogens is 347 g/mol. The van der Waals surface area contributed by atoms with E-state index < -0.39 is 29.6 Å². The monoisotopic (exact) mass is 363 g/mol. The van der Waals surface area contributed by atoms with Crippen LogP contribution in [0.1, 0.15) is 29.7 Å². The van der Waals surface area contributed by atoms with Gasteiger partial charge in [0.1, 0.15) is 0 Å². The van der Waals surface area contributed by atoms with Crippen LogP contribution in [0.25, 0.3) is 0 Å². The Balaban J connectivity index is 1.96. The first kappa shape index (κ1) is 19.2. The minimum absolute atomic E-state index is 0.224. The maximum Gasteiger partial charge on any atom is 0.417 e. The minimum Gasteiger partial charge on any atom is -0.341 e. The average Bonchev–Trinajstić information content (AvgIpc) is 2.61. The Labute approximate surface area is 147 Å². The highest BCUT2D eigenvalue weighted by Gasteiger charge is 2.32. The number of carbonyl (C=O) groups excluding carboxylic acids is 2.